The molecule has 0 saturated carbocycles. The van der Waals surface area contributed by atoms with Crippen LogP contribution in [0.3, 0.4) is 0 Å². The Morgan fingerprint density at radius 2 is 1.76 bits per heavy atom. The van der Waals surface area contributed by atoms with Crippen LogP contribution in [0.5, 0.6) is 0 Å². The Morgan fingerprint density at radius 1 is 1.11 bits per heavy atom. The lowest BCUT2D eigenvalue weighted by Gasteiger charge is -2.17. The molecule has 1 aromatic heterocycles. The predicted molar refractivity (Wildman–Crippen MR) is 148 cm³/mol. The van der Waals surface area contributed by atoms with Crippen molar-refractivity contribution in [3.63, 3.8) is 0 Å². The maximum absolute atomic E-state index is 12.1. The minimum absolute atomic E-state index is 0.266. The van der Waals surface area contributed by atoms with Crippen molar-refractivity contribution < 1.29 is 18.7 Å². The quantitative estimate of drug-likeness (QED) is 0.255. The molecule has 0 bridgehead atoms. The minimum atomic E-state index is -2.85. The number of halogens is 4. The first kappa shape index (κ1) is 30.9. The molecule has 37 heavy (non-hydrogen) atoms. The van der Waals surface area contributed by atoms with Crippen molar-refractivity contribution in [2.75, 3.05) is 23.8 Å². The van der Waals surface area contributed by atoms with E-state index in [9.17, 15) is 13.6 Å². The van der Waals surface area contributed by atoms with Gasteiger partial charge >= 0.3 is 5.97 Å². The number of aryl methyl sites for hydroxylation is 1. The number of unbranched alkanes of at least 4 members (excludes halogenated alkanes) is 6. The van der Waals surface area contributed by atoms with E-state index in [1.54, 1.807) is 0 Å². The number of allylic oxidation sites excluding steroid dienone is 1. The number of benzene rings is 1. The van der Waals surface area contributed by atoms with Gasteiger partial charge in [0.2, 0.25) is 0 Å². The van der Waals surface area contributed by atoms with Gasteiger partial charge in [-0.15, -0.1) is 0 Å². The molecule has 0 aliphatic carbocycles. The van der Waals surface area contributed by atoms with Crippen molar-refractivity contribution in [2.45, 2.75) is 77.6 Å². The molecule has 3 rings (SSSR count). The summed E-state index contributed by atoms with van der Waals surface area (Å²) >= 11 is 12.4. The molecule has 2 heterocycles. The lowest BCUT2D eigenvalue weighted by molar-refractivity contribution is 0.0684. The van der Waals surface area contributed by atoms with Crippen LogP contribution in [0.25, 0.3) is 0 Å². The third-order valence-electron chi connectivity index (χ3n) is 6.48. The van der Waals surface area contributed by atoms with Crippen LogP contribution >= 0.6 is 23.2 Å². The van der Waals surface area contributed by atoms with E-state index in [1.165, 1.54) is 68.9 Å². The maximum Gasteiger partial charge on any atom is 0.339 e. The van der Waals surface area contributed by atoms with E-state index in [0.717, 1.165) is 29.5 Å². The Balaban J connectivity index is 0.000000335. The van der Waals surface area contributed by atoms with Gasteiger partial charge in [0.15, 0.2) is 0 Å². The Bertz CT molecular complexity index is 1060. The molecule has 0 radical (unpaired) electrons. The number of aromatic nitrogens is 2. The fourth-order valence-corrected chi connectivity index (χ4v) is 5.18. The summed E-state index contributed by atoms with van der Waals surface area (Å²) in [5, 5.41) is 15.4. The number of carbonyl (C=O) groups is 1. The smallest absolute Gasteiger partial charge is 0.339 e. The van der Waals surface area contributed by atoms with Gasteiger partial charge in [-0.2, -0.15) is 5.10 Å². The van der Waals surface area contributed by atoms with Crippen LogP contribution in [0.2, 0.25) is 0 Å². The summed E-state index contributed by atoms with van der Waals surface area (Å²) in [7, 11) is 3.44. The molecule has 0 amide bonds. The first-order valence-corrected chi connectivity index (χ1v) is 13.6. The first-order valence-electron chi connectivity index (χ1n) is 12.8. The minimum Gasteiger partial charge on any atom is -0.478 e. The third-order valence-corrected chi connectivity index (χ3v) is 6.86. The second-order valence-corrected chi connectivity index (χ2v) is 10.1. The summed E-state index contributed by atoms with van der Waals surface area (Å²) < 4.78 is 25.5. The molecule has 10 heteroatoms. The number of hydrogen-bond donors (Lipinski definition) is 2. The molecule has 1 aromatic carbocycles. The van der Waals surface area contributed by atoms with Crippen LogP contribution in [-0.4, -0.2) is 34.4 Å². The van der Waals surface area contributed by atoms with E-state index < -0.39 is 23.7 Å². The zero-order valence-corrected chi connectivity index (χ0v) is 23.5. The van der Waals surface area contributed by atoms with Gasteiger partial charge in [0.05, 0.1) is 5.70 Å². The van der Waals surface area contributed by atoms with Crippen LogP contribution < -0.4 is 10.2 Å². The van der Waals surface area contributed by atoms with Crippen LogP contribution in [0.1, 0.15) is 99.2 Å². The lowest BCUT2D eigenvalue weighted by Crippen LogP contribution is -2.13. The van der Waals surface area contributed by atoms with E-state index in [4.69, 9.17) is 28.3 Å². The number of alkyl halides is 2. The molecule has 0 spiro atoms. The molecule has 2 aromatic rings. The van der Waals surface area contributed by atoms with Gasteiger partial charge in [-0.3, -0.25) is 4.68 Å². The van der Waals surface area contributed by atoms with Gasteiger partial charge in [-0.25, -0.2) is 13.6 Å². The fourth-order valence-electron chi connectivity index (χ4n) is 4.66. The van der Waals surface area contributed by atoms with Crippen LogP contribution in [-0.2, 0) is 7.05 Å². The van der Waals surface area contributed by atoms with Gasteiger partial charge in [-0.1, -0.05) is 81.6 Å². The number of nitrogens with one attached hydrogen (secondary N) is 1. The first-order chi connectivity index (χ1) is 17.6. The van der Waals surface area contributed by atoms with E-state index in [2.05, 4.69) is 54.4 Å². The van der Waals surface area contributed by atoms with Gasteiger partial charge in [0.25, 0.3) is 6.43 Å². The summed E-state index contributed by atoms with van der Waals surface area (Å²) in [5.41, 5.74) is 3.66. The number of fused-ring (bicyclic) bond motifs is 1. The van der Waals surface area contributed by atoms with Crippen LogP contribution in [0, 0.1) is 0 Å². The Morgan fingerprint density at radius 3 is 2.30 bits per heavy atom. The molecule has 1 atom stereocenters. The molecule has 0 saturated heterocycles. The van der Waals surface area contributed by atoms with Crippen molar-refractivity contribution >= 4 is 40.5 Å². The van der Waals surface area contributed by atoms with Crippen molar-refractivity contribution in [1.29, 1.82) is 0 Å². The monoisotopic (exact) mass is 558 g/mol. The zero-order chi connectivity index (χ0) is 27.5. The van der Waals surface area contributed by atoms with Crippen molar-refractivity contribution in [3.05, 3.63) is 51.4 Å². The predicted octanol–water partition coefficient (Wildman–Crippen LogP) is 8.50. The highest BCUT2D eigenvalue weighted by atomic mass is 35.5. The van der Waals surface area contributed by atoms with Crippen molar-refractivity contribution in [3.8, 4) is 0 Å². The largest absolute Gasteiger partial charge is 0.478 e. The lowest BCUT2D eigenvalue weighted by atomic mass is 9.95. The topological polar surface area (TPSA) is 70.4 Å². The van der Waals surface area contributed by atoms with E-state index in [0.29, 0.717) is 4.49 Å². The number of carboxylic acid groups (broad SMARTS) is 1. The van der Waals surface area contributed by atoms with Crippen LogP contribution in [0.15, 0.2) is 34.6 Å². The van der Waals surface area contributed by atoms with Crippen molar-refractivity contribution in [1.82, 2.24) is 9.78 Å². The van der Waals surface area contributed by atoms with E-state index in [-0.39, 0.29) is 5.92 Å². The number of rotatable bonds is 12. The average molecular weight is 560 g/mol. The summed E-state index contributed by atoms with van der Waals surface area (Å²) in [6.07, 6.45) is 8.52. The summed E-state index contributed by atoms with van der Waals surface area (Å²) in [4.78, 5) is 12.5. The van der Waals surface area contributed by atoms with Gasteiger partial charge in [0.1, 0.15) is 15.7 Å². The number of nitrogens with zero attached hydrogens (tertiary/aromatic N) is 3. The molecular weight excluding hydrogens is 521 g/mol. The second kappa shape index (κ2) is 15.2. The zero-order valence-electron chi connectivity index (χ0n) is 22.0. The number of likely N-dealkylation sites (N-methyl/N-ethyl adjacent to an activating group) is 1. The number of carboxylic acids is 1. The van der Waals surface area contributed by atoms with Gasteiger partial charge < -0.3 is 15.3 Å². The van der Waals surface area contributed by atoms with E-state index in [1.807, 2.05) is 0 Å². The molecule has 0 fully saturated rings. The summed E-state index contributed by atoms with van der Waals surface area (Å²) in [6, 6.07) is 6.45. The average Bonchev–Trinajstić information content (AvgIpc) is 3.39. The summed E-state index contributed by atoms with van der Waals surface area (Å²) in [5.74, 6) is -1.12. The summed E-state index contributed by atoms with van der Waals surface area (Å²) in [6.45, 7) is 5.48. The molecule has 1 aliphatic heterocycles. The molecule has 6 nitrogen and oxygen atoms in total. The van der Waals surface area contributed by atoms with Gasteiger partial charge in [0, 0.05) is 49.7 Å². The number of hydrogen-bond acceptors (Lipinski definition) is 4. The molecule has 1 aliphatic rings. The third kappa shape index (κ3) is 8.34. The van der Waals surface area contributed by atoms with Crippen LogP contribution in [0.4, 0.5) is 20.2 Å². The molecule has 2 N–H and O–H groups in total. The Kier molecular flexibility index (Phi) is 12.7. The maximum atomic E-state index is 12.1. The number of aromatic carboxylic acids is 1. The Labute approximate surface area is 228 Å². The van der Waals surface area contributed by atoms with E-state index >= 15 is 0 Å². The number of anilines is 2. The highest BCUT2D eigenvalue weighted by Crippen LogP contribution is 2.49. The standard InChI is InChI=1S/C21H32Cl2N2.C6H6F2N2O2/c1-4-6-7-8-9-10-11-15-24-17-13-12-14-18-19(17)16(5-2)20(21(22)23)25(18)3;1-10-2-3(6(11)12)4(9-10)5(7)8/h12-14,16,24H,4-11,15H2,1-3H3;2,5H,1H3,(H,11,12). The SMILES string of the molecule is CCCCCCCCCNc1cccc2c1C(CC)C(=C(Cl)Cl)N2C.Cn1cc(C(=O)O)c(C(F)F)n1. The molecule has 1 unspecified atom stereocenters. The normalized spacial score (nSPS) is 14.5. The fraction of sp³-hybridized carbons (Fsp3) is 0.556. The highest BCUT2D eigenvalue weighted by Gasteiger charge is 2.34. The molecule has 206 valence electrons. The highest BCUT2D eigenvalue weighted by molar-refractivity contribution is 6.56. The Hall–Kier alpha value is -2.32. The van der Waals surface area contributed by atoms with Gasteiger partial charge in [-0.05, 0) is 25.0 Å². The molecular formula is C27H38Cl2F2N4O2. The second-order valence-electron chi connectivity index (χ2n) is 9.16. The van der Waals surface area contributed by atoms with Crippen molar-refractivity contribution in [2.24, 2.45) is 7.05 Å².